The summed E-state index contributed by atoms with van der Waals surface area (Å²) in [6, 6.07) is 6.45. The summed E-state index contributed by atoms with van der Waals surface area (Å²) in [5, 5.41) is 0. The molecule has 138 valence electrons. The van der Waals surface area contributed by atoms with Crippen LogP contribution in [0.3, 0.4) is 0 Å². The van der Waals surface area contributed by atoms with Gasteiger partial charge in [-0.15, -0.1) is 0 Å². The quantitative estimate of drug-likeness (QED) is 0.335. The van der Waals surface area contributed by atoms with Crippen LogP contribution in [0.25, 0.3) is 4.85 Å². The minimum atomic E-state index is -2.01. The van der Waals surface area contributed by atoms with Crippen molar-refractivity contribution >= 4 is 14.3 Å². The number of carbonyl (C=O) groups is 1. The Bertz CT molecular complexity index is 581. The smallest absolute Gasteiger partial charge is 0.395 e. The van der Waals surface area contributed by atoms with Crippen LogP contribution in [0.4, 0.5) is 0 Å². The number of hydrogen-bond donors (Lipinski definition) is 0. The number of rotatable bonds is 8. The molecule has 1 rings (SSSR count). The van der Waals surface area contributed by atoms with Gasteiger partial charge in [-0.05, 0) is 47.8 Å². The van der Waals surface area contributed by atoms with E-state index in [0.717, 1.165) is 5.75 Å². The van der Waals surface area contributed by atoms with E-state index in [4.69, 9.17) is 15.7 Å². The summed E-state index contributed by atoms with van der Waals surface area (Å²) < 4.78 is 11.6. The molecule has 0 aliphatic carbocycles. The Morgan fingerprint density at radius 2 is 1.52 bits per heavy atom. The predicted molar refractivity (Wildman–Crippen MR) is 104 cm³/mol. The number of nitrogens with zero attached hydrogens (tertiary/aromatic N) is 1. The Balaban J connectivity index is 3.10. The van der Waals surface area contributed by atoms with Crippen molar-refractivity contribution in [2.24, 2.45) is 0 Å². The van der Waals surface area contributed by atoms with E-state index in [0.29, 0.717) is 22.2 Å². The van der Waals surface area contributed by atoms with Gasteiger partial charge in [0.15, 0.2) is 0 Å². The maximum atomic E-state index is 11.9. The molecule has 0 heterocycles. The normalized spacial score (nSPS) is 13.0. The number of ether oxygens (including phenoxy) is 1. The SMILES string of the molecule is [C-]#[N+]C(C(=O)OCC)c1ccc(O[Si](C(C)C)(C(C)C)C(C)C)cc1. The van der Waals surface area contributed by atoms with E-state index in [1.165, 1.54) is 0 Å². The van der Waals surface area contributed by atoms with Crippen molar-refractivity contribution in [3.05, 3.63) is 41.2 Å². The Morgan fingerprint density at radius 1 is 1.04 bits per heavy atom. The maximum Gasteiger partial charge on any atom is 0.395 e. The van der Waals surface area contributed by atoms with Gasteiger partial charge in [0.2, 0.25) is 0 Å². The molecule has 0 fully saturated rings. The van der Waals surface area contributed by atoms with Gasteiger partial charge in [0.1, 0.15) is 5.75 Å². The fourth-order valence-corrected chi connectivity index (χ4v) is 9.01. The summed E-state index contributed by atoms with van der Waals surface area (Å²) in [5.41, 5.74) is 2.11. The highest BCUT2D eigenvalue weighted by molar-refractivity contribution is 6.78. The Labute approximate surface area is 153 Å². The summed E-state index contributed by atoms with van der Waals surface area (Å²) in [5.74, 6) is 0.320. The summed E-state index contributed by atoms with van der Waals surface area (Å²) in [6.07, 6.45) is 0. The van der Waals surface area contributed by atoms with Crippen LogP contribution >= 0.6 is 0 Å². The van der Waals surface area contributed by atoms with Gasteiger partial charge >= 0.3 is 12.0 Å². The lowest BCUT2D eigenvalue weighted by atomic mass is 10.1. The Kier molecular flexibility index (Phi) is 7.69. The first kappa shape index (κ1) is 21.2. The lowest BCUT2D eigenvalue weighted by molar-refractivity contribution is -0.143. The molecule has 0 spiro atoms. The summed E-state index contributed by atoms with van der Waals surface area (Å²) in [7, 11) is -2.01. The third-order valence-electron chi connectivity index (χ3n) is 4.84. The molecule has 1 aromatic carbocycles. The van der Waals surface area contributed by atoms with Crippen molar-refractivity contribution in [1.82, 2.24) is 0 Å². The fraction of sp³-hybridized carbons (Fsp3) is 0.600. The first-order valence-corrected chi connectivity index (χ1v) is 11.2. The van der Waals surface area contributed by atoms with Crippen LogP contribution in [0, 0.1) is 6.57 Å². The molecule has 1 unspecified atom stereocenters. The molecule has 0 radical (unpaired) electrons. The van der Waals surface area contributed by atoms with Crippen molar-refractivity contribution in [3.8, 4) is 5.75 Å². The zero-order valence-electron chi connectivity index (χ0n) is 16.5. The minimum absolute atomic E-state index is 0.275. The van der Waals surface area contributed by atoms with Crippen LogP contribution in [0.5, 0.6) is 5.75 Å². The second-order valence-corrected chi connectivity index (χ2v) is 12.6. The van der Waals surface area contributed by atoms with Gasteiger partial charge in [0, 0.05) is 5.56 Å². The van der Waals surface area contributed by atoms with Gasteiger partial charge in [-0.25, -0.2) is 11.4 Å². The van der Waals surface area contributed by atoms with Gasteiger partial charge in [0.05, 0.1) is 6.61 Å². The molecule has 1 atom stereocenters. The van der Waals surface area contributed by atoms with E-state index in [2.05, 4.69) is 46.4 Å². The third-order valence-corrected chi connectivity index (χ3v) is 10.8. The second kappa shape index (κ2) is 9.05. The topological polar surface area (TPSA) is 39.9 Å². The molecule has 4 nitrogen and oxygen atoms in total. The Hall–Kier alpha value is -1.80. The van der Waals surface area contributed by atoms with E-state index in [1.807, 2.05) is 12.1 Å². The Morgan fingerprint density at radius 3 is 1.88 bits per heavy atom. The van der Waals surface area contributed by atoms with E-state index >= 15 is 0 Å². The molecular formula is C20H31NO3Si. The molecule has 25 heavy (non-hydrogen) atoms. The number of esters is 1. The van der Waals surface area contributed by atoms with Crippen LogP contribution in [0.15, 0.2) is 24.3 Å². The van der Waals surface area contributed by atoms with Gasteiger partial charge in [-0.3, -0.25) is 4.85 Å². The molecule has 0 aliphatic rings. The fourth-order valence-electron chi connectivity index (χ4n) is 3.76. The molecule has 0 amide bonds. The molecule has 0 saturated carbocycles. The minimum Gasteiger partial charge on any atom is -0.543 e. The van der Waals surface area contributed by atoms with E-state index in [1.54, 1.807) is 19.1 Å². The van der Waals surface area contributed by atoms with Crippen LogP contribution < -0.4 is 4.43 Å². The van der Waals surface area contributed by atoms with Gasteiger partial charge in [-0.1, -0.05) is 41.5 Å². The number of benzene rings is 1. The van der Waals surface area contributed by atoms with Gasteiger partial charge < -0.3 is 9.16 Å². The van der Waals surface area contributed by atoms with Crippen molar-refractivity contribution in [3.63, 3.8) is 0 Å². The lowest BCUT2D eigenvalue weighted by Gasteiger charge is -2.42. The zero-order chi connectivity index (χ0) is 19.2. The van der Waals surface area contributed by atoms with Crippen LogP contribution in [-0.4, -0.2) is 20.9 Å². The third kappa shape index (κ3) is 4.64. The first-order chi connectivity index (χ1) is 11.7. The molecule has 0 bridgehead atoms. The van der Waals surface area contributed by atoms with Crippen molar-refractivity contribution in [2.75, 3.05) is 6.61 Å². The molecule has 0 aliphatic heterocycles. The monoisotopic (exact) mass is 361 g/mol. The molecular weight excluding hydrogens is 330 g/mol. The number of carbonyl (C=O) groups excluding carboxylic acids is 1. The molecule has 0 saturated heterocycles. The summed E-state index contributed by atoms with van der Waals surface area (Å²) in [6.45, 7) is 22.8. The highest BCUT2D eigenvalue weighted by Crippen LogP contribution is 2.42. The van der Waals surface area contributed by atoms with Crippen molar-refractivity contribution in [2.45, 2.75) is 71.1 Å². The van der Waals surface area contributed by atoms with Gasteiger partial charge in [-0.2, -0.15) is 0 Å². The van der Waals surface area contributed by atoms with Crippen molar-refractivity contribution < 1.29 is 14.0 Å². The van der Waals surface area contributed by atoms with Crippen molar-refractivity contribution in [1.29, 1.82) is 0 Å². The molecule has 1 aromatic rings. The molecule has 0 N–H and O–H groups in total. The van der Waals surface area contributed by atoms with E-state index < -0.39 is 20.3 Å². The largest absolute Gasteiger partial charge is 0.543 e. The van der Waals surface area contributed by atoms with E-state index in [-0.39, 0.29) is 6.61 Å². The summed E-state index contributed by atoms with van der Waals surface area (Å²) in [4.78, 5) is 15.3. The molecule has 0 aromatic heterocycles. The second-order valence-electron chi connectivity index (χ2n) is 7.27. The van der Waals surface area contributed by atoms with Gasteiger partial charge in [0.25, 0.3) is 8.32 Å². The maximum absolute atomic E-state index is 11.9. The molecule has 5 heteroatoms. The summed E-state index contributed by atoms with van der Waals surface area (Å²) >= 11 is 0. The lowest BCUT2D eigenvalue weighted by Crippen LogP contribution is -2.50. The zero-order valence-corrected chi connectivity index (χ0v) is 17.5. The standard InChI is InChI=1S/C20H31NO3Si/c1-9-23-20(22)19(21-8)17-10-12-18(13-11-17)24-25(14(2)3,15(4)5)16(6)7/h10-16,19H,9H2,1-7H3. The van der Waals surface area contributed by atoms with Crippen LogP contribution in [-0.2, 0) is 9.53 Å². The number of hydrogen-bond acceptors (Lipinski definition) is 3. The van der Waals surface area contributed by atoms with Crippen LogP contribution in [0.2, 0.25) is 16.6 Å². The van der Waals surface area contributed by atoms with E-state index in [9.17, 15) is 4.79 Å². The predicted octanol–water partition coefficient (Wildman–Crippen LogP) is 5.76. The average Bonchev–Trinajstić information content (AvgIpc) is 2.53. The van der Waals surface area contributed by atoms with Crippen LogP contribution in [0.1, 0.15) is 60.1 Å². The highest BCUT2D eigenvalue weighted by atomic mass is 28.4. The average molecular weight is 362 g/mol. The highest BCUT2D eigenvalue weighted by Gasteiger charge is 2.47. The first-order valence-electron chi connectivity index (χ1n) is 9.02.